The van der Waals surface area contributed by atoms with Gasteiger partial charge in [0, 0.05) is 24.1 Å². The Hall–Kier alpha value is -3.64. The monoisotopic (exact) mass is 431 g/mol. The van der Waals surface area contributed by atoms with E-state index >= 15 is 0 Å². The Morgan fingerprint density at radius 1 is 1.35 bits per heavy atom. The molecular formula is C22H17N5O3S. The van der Waals surface area contributed by atoms with Crippen LogP contribution in [0.25, 0.3) is 10.9 Å². The van der Waals surface area contributed by atoms with Crippen molar-refractivity contribution < 1.29 is 9.53 Å². The molecule has 1 amide bonds. The minimum Gasteiger partial charge on any atom is -0.473 e. The van der Waals surface area contributed by atoms with Gasteiger partial charge < -0.3 is 15.0 Å². The molecule has 0 spiro atoms. The minimum atomic E-state index is -0.504. The molecule has 1 aromatic carbocycles. The average molecular weight is 431 g/mol. The molecule has 1 aliphatic carbocycles. The van der Waals surface area contributed by atoms with Crippen LogP contribution in [-0.2, 0) is 6.54 Å². The molecule has 1 saturated carbocycles. The first-order chi connectivity index (χ1) is 15.1. The summed E-state index contributed by atoms with van der Waals surface area (Å²) in [6, 6.07) is 10.1. The zero-order valence-corrected chi connectivity index (χ0v) is 17.1. The van der Waals surface area contributed by atoms with E-state index in [1.165, 1.54) is 18.1 Å². The van der Waals surface area contributed by atoms with Crippen molar-refractivity contribution in [2.24, 2.45) is 5.92 Å². The molecule has 9 heteroatoms. The topological polar surface area (TPSA) is 121 Å². The van der Waals surface area contributed by atoms with Gasteiger partial charge in [0.25, 0.3) is 11.5 Å². The highest BCUT2D eigenvalue weighted by Gasteiger charge is 2.44. The molecular weight excluding hydrogens is 414 g/mol. The molecule has 0 bridgehead atoms. The molecule has 2 N–H and O–H groups in total. The Labute approximate surface area is 181 Å². The number of thioether (sulfide) groups is 1. The van der Waals surface area contributed by atoms with Crippen LogP contribution in [0.3, 0.4) is 0 Å². The number of nitrogens with zero attached hydrogens (tertiary/aromatic N) is 3. The van der Waals surface area contributed by atoms with Gasteiger partial charge in [0.1, 0.15) is 6.61 Å². The van der Waals surface area contributed by atoms with Crippen LogP contribution in [0.5, 0.6) is 5.88 Å². The average Bonchev–Trinajstić information content (AvgIpc) is 3.47. The second-order valence-corrected chi connectivity index (χ2v) is 8.55. The summed E-state index contributed by atoms with van der Waals surface area (Å²) in [6.45, 7) is 0.767. The number of pyridine rings is 1. The molecule has 8 nitrogen and oxygen atoms in total. The molecule has 0 radical (unpaired) electrons. The molecule has 5 rings (SSSR count). The first-order valence-electron chi connectivity index (χ1n) is 9.75. The van der Waals surface area contributed by atoms with Gasteiger partial charge >= 0.3 is 0 Å². The van der Waals surface area contributed by atoms with Crippen molar-refractivity contribution in [1.82, 2.24) is 20.3 Å². The Bertz CT molecular complexity index is 1330. The fraction of sp³-hybridized carbons (Fsp3) is 0.227. The molecule has 3 aromatic rings. The predicted molar refractivity (Wildman–Crippen MR) is 116 cm³/mol. The lowest BCUT2D eigenvalue weighted by atomic mass is 10.1. The number of carbonyl (C=O) groups is 1. The van der Waals surface area contributed by atoms with E-state index in [0.29, 0.717) is 29.5 Å². The summed E-state index contributed by atoms with van der Waals surface area (Å²) >= 11 is 1.87. The third-order valence-corrected chi connectivity index (χ3v) is 6.60. The number of hydrogen-bond donors (Lipinski definition) is 2. The van der Waals surface area contributed by atoms with Gasteiger partial charge in [0.2, 0.25) is 5.88 Å². The summed E-state index contributed by atoms with van der Waals surface area (Å²) in [5.74, 6) is 0.579. The number of hydrogen-bond acceptors (Lipinski definition) is 7. The molecule has 2 atom stereocenters. The highest BCUT2D eigenvalue weighted by Crippen LogP contribution is 2.53. The second-order valence-electron chi connectivity index (χ2n) is 7.44. The fourth-order valence-corrected chi connectivity index (χ4v) is 4.77. The lowest BCUT2D eigenvalue weighted by Crippen LogP contribution is -2.27. The first-order valence-corrected chi connectivity index (χ1v) is 10.7. The molecule has 154 valence electrons. The summed E-state index contributed by atoms with van der Waals surface area (Å²) in [5, 5.41) is 14.9. The number of amides is 1. The Morgan fingerprint density at radius 2 is 2.26 bits per heavy atom. The van der Waals surface area contributed by atoms with E-state index in [4.69, 9.17) is 10.00 Å². The van der Waals surface area contributed by atoms with Gasteiger partial charge in [-0.1, -0.05) is 0 Å². The van der Waals surface area contributed by atoms with E-state index < -0.39 is 11.5 Å². The van der Waals surface area contributed by atoms with Crippen molar-refractivity contribution in [2.75, 3.05) is 6.61 Å². The number of aromatic nitrogens is 3. The zero-order valence-electron chi connectivity index (χ0n) is 16.3. The van der Waals surface area contributed by atoms with Crippen LogP contribution >= 0.6 is 11.8 Å². The number of rotatable bonds is 6. The van der Waals surface area contributed by atoms with Gasteiger partial charge in [-0.2, -0.15) is 5.26 Å². The van der Waals surface area contributed by atoms with Crippen LogP contribution < -0.4 is 15.6 Å². The van der Waals surface area contributed by atoms with Crippen LogP contribution in [0, 0.1) is 17.2 Å². The molecule has 2 aromatic heterocycles. The summed E-state index contributed by atoms with van der Waals surface area (Å²) in [5.41, 5.74) is 2.38. The standard InChI is InChI=1S/C22H17N5O3S/c23-8-12-1-2-17-16(5-12)21(28)27-20(26-17)22(29)25-9-13-3-4-24-19(6-13)30-10-14-11-31-18-7-15(14)18/h1-6,11,15,18H,7,9-10H2,(H,25,29)(H,26,27,28). The van der Waals surface area contributed by atoms with Gasteiger partial charge in [-0.05, 0) is 53.1 Å². The highest BCUT2D eigenvalue weighted by molar-refractivity contribution is 8.03. The third kappa shape index (κ3) is 4.02. The van der Waals surface area contributed by atoms with Crippen molar-refractivity contribution in [3.63, 3.8) is 0 Å². The Balaban J connectivity index is 1.24. The van der Waals surface area contributed by atoms with Crippen LogP contribution in [0.4, 0.5) is 0 Å². The normalized spacial score (nSPS) is 18.7. The first kappa shape index (κ1) is 19.3. The van der Waals surface area contributed by atoms with E-state index in [2.05, 4.69) is 25.7 Å². The lowest BCUT2D eigenvalue weighted by Gasteiger charge is -2.09. The van der Waals surface area contributed by atoms with Crippen molar-refractivity contribution in [3.8, 4) is 11.9 Å². The van der Waals surface area contributed by atoms with E-state index in [0.717, 1.165) is 10.8 Å². The molecule has 2 unspecified atom stereocenters. The number of aromatic amines is 1. The molecule has 2 aliphatic rings. The van der Waals surface area contributed by atoms with Crippen LogP contribution in [-0.4, -0.2) is 32.7 Å². The van der Waals surface area contributed by atoms with E-state index in [1.54, 1.807) is 30.5 Å². The van der Waals surface area contributed by atoms with Crippen LogP contribution in [0.1, 0.15) is 28.2 Å². The maximum absolute atomic E-state index is 12.5. The van der Waals surface area contributed by atoms with Gasteiger partial charge in [-0.15, -0.1) is 11.8 Å². The van der Waals surface area contributed by atoms with Crippen LogP contribution in [0.2, 0.25) is 0 Å². The molecule has 0 saturated heterocycles. The van der Waals surface area contributed by atoms with E-state index in [9.17, 15) is 9.59 Å². The third-order valence-electron chi connectivity index (χ3n) is 5.29. The molecule has 31 heavy (non-hydrogen) atoms. The summed E-state index contributed by atoms with van der Waals surface area (Å²) in [6.07, 6.45) is 2.88. The summed E-state index contributed by atoms with van der Waals surface area (Å²) < 4.78 is 5.81. The number of carbonyl (C=O) groups excluding carboxylic acids is 1. The molecule has 1 aliphatic heterocycles. The maximum Gasteiger partial charge on any atom is 0.287 e. The largest absolute Gasteiger partial charge is 0.473 e. The lowest BCUT2D eigenvalue weighted by molar-refractivity contribution is 0.0940. The highest BCUT2D eigenvalue weighted by atomic mass is 32.2. The van der Waals surface area contributed by atoms with Gasteiger partial charge in [0.15, 0.2) is 5.82 Å². The Morgan fingerprint density at radius 3 is 3.03 bits per heavy atom. The maximum atomic E-state index is 12.5. The van der Waals surface area contributed by atoms with E-state index in [-0.39, 0.29) is 17.8 Å². The number of benzene rings is 1. The number of H-pyrrole nitrogens is 1. The van der Waals surface area contributed by atoms with E-state index in [1.807, 2.05) is 17.8 Å². The summed E-state index contributed by atoms with van der Waals surface area (Å²) in [7, 11) is 0. The number of nitriles is 1. The van der Waals surface area contributed by atoms with Crippen molar-refractivity contribution >= 4 is 28.6 Å². The number of fused-ring (bicyclic) bond motifs is 2. The van der Waals surface area contributed by atoms with Gasteiger partial charge in [-0.3, -0.25) is 9.59 Å². The van der Waals surface area contributed by atoms with Crippen molar-refractivity contribution in [2.45, 2.75) is 18.2 Å². The van der Waals surface area contributed by atoms with Gasteiger partial charge in [-0.25, -0.2) is 9.97 Å². The number of nitrogens with one attached hydrogen (secondary N) is 2. The SMILES string of the molecule is N#Cc1ccc2nc(C(=O)NCc3ccnc(OCC4=CSC5CC45)c3)[nH]c(=O)c2c1. The number of ether oxygens (including phenoxy) is 1. The fourth-order valence-electron chi connectivity index (χ4n) is 3.49. The van der Waals surface area contributed by atoms with Crippen molar-refractivity contribution in [1.29, 1.82) is 5.26 Å². The van der Waals surface area contributed by atoms with Gasteiger partial charge in [0.05, 0.1) is 22.5 Å². The minimum absolute atomic E-state index is 0.0857. The smallest absolute Gasteiger partial charge is 0.287 e. The Kier molecular flexibility index (Phi) is 4.92. The quantitative estimate of drug-likeness (QED) is 0.615. The summed E-state index contributed by atoms with van der Waals surface area (Å²) in [4.78, 5) is 35.7. The zero-order chi connectivity index (χ0) is 21.4. The van der Waals surface area contributed by atoms with Crippen LogP contribution in [0.15, 0.2) is 52.3 Å². The van der Waals surface area contributed by atoms with Crippen molar-refractivity contribution in [3.05, 3.63) is 74.8 Å². The second kappa shape index (κ2) is 7.89. The molecule has 1 fully saturated rings. The molecule has 3 heterocycles. The predicted octanol–water partition coefficient (Wildman–Crippen LogP) is 2.52.